The number of carbonyl (C=O) groups is 2. The monoisotopic (exact) mass is 953 g/mol. The van der Waals surface area contributed by atoms with Crippen molar-refractivity contribution in [3.63, 3.8) is 0 Å². The second kappa shape index (κ2) is 24.8. The number of esters is 1. The van der Waals surface area contributed by atoms with Gasteiger partial charge in [-0.05, 0) is 61.9 Å². The lowest BCUT2D eigenvalue weighted by molar-refractivity contribution is -0.387. The minimum Gasteiger partial charge on any atom is -0.458 e. The van der Waals surface area contributed by atoms with E-state index in [2.05, 4.69) is 5.32 Å². The molecule has 0 spiro atoms. The van der Waals surface area contributed by atoms with Gasteiger partial charge in [0.1, 0.15) is 42.7 Å². The second-order valence-electron chi connectivity index (χ2n) is 17.1. The summed E-state index contributed by atoms with van der Waals surface area (Å²) in [6.45, 7) is 4.59. The number of sulfonamides is 1. The van der Waals surface area contributed by atoms with Crippen LogP contribution in [-0.2, 0) is 74.4 Å². The summed E-state index contributed by atoms with van der Waals surface area (Å²) in [5.74, 6) is -0.768. The summed E-state index contributed by atoms with van der Waals surface area (Å²) in [4.78, 5) is 37.7. The summed E-state index contributed by atoms with van der Waals surface area (Å²) in [5.41, 5.74) is 1.70. The zero-order valence-electron chi connectivity index (χ0n) is 38.6. The van der Waals surface area contributed by atoms with Gasteiger partial charge in [-0.1, -0.05) is 133 Å². The molecule has 1 amide bonds. The summed E-state index contributed by atoms with van der Waals surface area (Å²) in [6, 6.07) is 41.1. The molecule has 0 aromatic heterocycles. The quantitative estimate of drug-likeness (QED) is 0.0375. The van der Waals surface area contributed by atoms with E-state index in [1.165, 1.54) is 19.2 Å². The highest BCUT2D eigenvalue weighted by molar-refractivity contribution is 7.89. The minimum absolute atomic E-state index is 0.0462. The van der Waals surface area contributed by atoms with Crippen LogP contribution in [0.1, 0.15) is 55.9 Å². The number of rotatable bonds is 23. The van der Waals surface area contributed by atoms with Crippen LogP contribution in [0, 0.1) is 10.1 Å². The molecule has 0 saturated carbocycles. The predicted octanol–water partition coefficient (Wildman–Crippen LogP) is 8.13. The number of methoxy groups -OCH3 is 1. The van der Waals surface area contributed by atoms with Gasteiger partial charge >= 0.3 is 12.1 Å². The van der Waals surface area contributed by atoms with Crippen LogP contribution < -0.4 is 5.32 Å². The molecule has 6 atom stereocenters. The lowest BCUT2D eigenvalue weighted by Gasteiger charge is -2.46. The average molecular weight is 954 g/mol. The van der Waals surface area contributed by atoms with Gasteiger partial charge in [0.15, 0.2) is 11.2 Å². The molecule has 1 aliphatic rings. The first-order chi connectivity index (χ1) is 32.7. The van der Waals surface area contributed by atoms with E-state index in [1.807, 2.05) is 97.1 Å². The molecule has 1 N–H and O–H groups in total. The number of nitrogens with zero attached hydrogens (tertiary/aromatic N) is 2. The van der Waals surface area contributed by atoms with Crippen molar-refractivity contribution < 1.29 is 56.1 Å². The first kappa shape index (κ1) is 51.3. The Morgan fingerprint density at radius 2 is 1.18 bits per heavy atom. The van der Waals surface area contributed by atoms with Gasteiger partial charge < -0.3 is 38.5 Å². The molecule has 0 radical (unpaired) electrons. The number of para-hydroxylation sites is 1. The Balaban J connectivity index is 1.35. The van der Waals surface area contributed by atoms with E-state index in [0.29, 0.717) is 0 Å². The van der Waals surface area contributed by atoms with Gasteiger partial charge in [-0.3, -0.25) is 10.1 Å². The van der Waals surface area contributed by atoms with Crippen molar-refractivity contribution in [3.8, 4) is 0 Å². The van der Waals surface area contributed by atoms with Crippen molar-refractivity contribution in [1.29, 1.82) is 0 Å². The molecule has 5 aromatic carbocycles. The van der Waals surface area contributed by atoms with E-state index in [0.717, 1.165) is 38.7 Å². The molecule has 6 rings (SSSR count). The number of hydrogen-bond donors (Lipinski definition) is 1. The highest BCUT2D eigenvalue weighted by Gasteiger charge is 2.50. The lowest BCUT2D eigenvalue weighted by Crippen LogP contribution is -2.63. The smallest absolute Gasteiger partial charge is 0.408 e. The summed E-state index contributed by atoms with van der Waals surface area (Å²) >= 11 is 0. The molecular formula is C51H59N3O13S. The van der Waals surface area contributed by atoms with Crippen LogP contribution in [0.5, 0.6) is 0 Å². The number of amides is 1. The molecule has 0 aliphatic carbocycles. The van der Waals surface area contributed by atoms with Gasteiger partial charge in [-0.2, -0.15) is 4.31 Å². The van der Waals surface area contributed by atoms with Crippen LogP contribution in [0.15, 0.2) is 150 Å². The predicted molar refractivity (Wildman–Crippen MR) is 251 cm³/mol. The van der Waals surface area contributed by atoms with Crippen LogP contribution in [0.2, 0.25) is 0 Å². The number of ether oxygens (including phenoxy) is 7. The Bertz CT molecular complexity index is 2460. The summed E-state index contributed by atoms with van der Waals surface area (Å²) in [7, 11) is -3.28. The average Bonchev–Trinajstić information content (AvgIpc) is 3.34. The van der Waals surface area contributed by atoms with E-state index >= 15 is 0 Å². The molecular weight excluding hydrogens is 895 g/mol. The highest BCUT2D eigenvalue weighted by Crippen LogP contribution is 2.34. The summed E-state index contributed by atoms with van der Waals surface area (Å²) < 4.78 is 74.6. The number of hydrogen-bond acceptors (Lipinski definition) is 13. The fourth-order valence-electron chi connectivity index (χ4n) is 7.56. The number of carbonyl (C=O) groups excluding carboxylic acids is 2. The third kappa shape index (κ3) is 15.0. The SMILES string of the molecule is CO[C@H]1O[C@H](CN(CCC[C@H](NC(=O)OCc2ccccc2)C(=O)OC(C)(C)C)S(=O)(=O)c2ccccc2[N+](=O)[O-])[C@@H](OCc2ccccc2)[C@H](OCc2ccccc2)[C@H]1OCc1ccccc1. The van der Waals surface area contributed by atoms with Crippen molar-refractivity contribution in [3.05, 3.63) is 178 Å². The van der Waals surface area contributed by atoms with Crippen LogP contribution in [0.25, 0.3) is 0 Å². The second-order valence-corrected chi connectivity index (χ2v) is 19.0. The maximum Gasteiger partial charge on any atom is 0.408 e. The zero-order chi connectivity index (χ0) is 48.5. The minimum atomic E-state index is -4.72. The number of nitro benzene ring substituents is 1. The summed E-state index contributed by atoms with van der Waals surface area (Å²) in [5, 5.41) is 14.9. The molecule has 17 heteroatoms. The van der Waals surface area contributed by atoms with Crippen molar-refractivity contribution in [2.75, 3.05) is 20.2 Å². The molecule has 0 unspecified atom stereocenters. The molecule has 0 bridgehead atoms. The van der Waals surface area contributed by atoms with E-state index in [4.69, 9.17) is 33.2 Å². The van der Waals surface area contributed by atoms with Gasteiger partial charge in [-0.15, -0.1) is 0 Å². The van der Waals surface area contributed by atoms with Crippen LogP contribution >= 0.6 is 0 Å². The molecule has 1 aliphatic heterocycles. The van der Waals surface area contributed by atoms with Crippen molar-refractivity contribution in [2.24, 2.45) is 0 Å². The van der Waals surface area contributed by atoms with Gasteiger partial charge in [0.2, 0.25) is 10.0 Å². The Hall–Kier alpha value is -6.05. The Labute approximate surface area is 397 Å². The van der Waals surface area contributed by atoms with Gasteiger partial charge in [-0.25, -0.2) is 18.0 Å². The Kier molecular flexibility index (Phi) is 18.7. The lowest BCUT2D eigenvalue weighted by atomic mass is 9.97. The van der Waals surface area contributed by atoms with Gasteiger partial charge in [0.25, 0.3) is 5.69 Å². The third-order valence-corrected chi connectivity index (χ3v) is 12.8. The molecule has 1 fully saturated rings. The fraction of sp³-hybridized carbons (Fsp3) is 0.373. The molecule has 68 heavy (non-hydrogen) atoms. The molecule has 1 heterocycles. The molecule has 16 nitrogen and oxygen atoms in total. The Morgan fingerprint density at radius 1 is 0.706 bits per heavy atom. The van der Waals surface area contributed by atoms with E-state index < -0.39 is 86.5 Å². The molecule has 5 aromatic rings. The van der Waals surface area contributed by atoms with Crippen LogP contribution in [0.4, 0.5) is 10.5 Å². The standard InChI is InChI=1S/C51H59N3O13S/c1-51(2,3)67-48(55)41(52-50(56)65-36-40-26-15-8-16-27-40)28-19-31-53(68(59,60)44-30-18-17-29-42(44)54(57)58)32-43-45(62-33-37-20-9-5-10-21-37)46(63-34-38-22-11-6-12-23-38)47(49(61-4)66-43)64-35-39-24-13-7-14-25-39/h5-18,20-27,29-30,41,43,45-47,49H,19,28,31-36H2,1-4H3,(H,52,56)/t41-,43+,45+,46-,47+,49-/m0/s1. The third-order valence-electron chi connectivity index (χ3n) is 10.8. The first-order valence-corrected chi connectivity index (χ1v) is 23.7. The largest absolute Gasteiger partial charge is 0.458 e. The number of nitrogens with one attached hydrogen (secondary N) is 1. The maximum absolute atomic E-state index is 14.9. The van der Waals surface area contributed by atoms with E-state index in [-0.39, 0.29) is 45.8 Å². The van der Waals surface area contributed by atoms with Crippen molar-refractivity contribution in [1.82, 2.24) is 9.62 Å². The number of benzene rings is 5. The van der Waals surface area contributed by atoms with E-state index in [9.17, 15) is 28.1 Å². The first-order valence-electron chi connectivity index (χ1n) is 22.3. The van der Waals surface area contributed by atoms with Crippen LogP contribution in [-0.4, -0.2) is 92.3 Å². The summed E-state index contributed by atoms with van der Waals surface area (Å²) in [6.07, 6.45) is -6.14. The Morgan fingerprint density at radius 3 is 1.68 bits per heavy atom. The topological polar surface area (TPSA) is 191 Å². The highest BCUT2D eigenvalue weighted by atomic mass is 32.2. The molecule has 1 saturated heterocycles. The number of alkyl carbamates (subject to hydrolysis) is 1. The van der Waals surface area contributed by atoms with E-state index in [1.54, 1.807) is 45.0 Å². The van der Waals surface area contributed by atoms with Gasteiger partial charge in [0, 0.05) is 26.3 Å². The fourth-order valence-corrected chi connectivity index (χ4v) is 9.21. The maximum atomic E-state index is 14.9. The van der Waals surface area contributed by atoms with Crippen LogP contribution in [0.3, 0.4) is 0 Å². The van der Waals surface area contributed by atoms with Gasteiger partial charge in [0.05, 0.1) is 24.7 Å². The zero-order valence-corrected chi connectivity index (χ0v) is 39.4. The van der Waals surface area contributed by atoms with Crippen molar-refractivity contribution >= 4 is 27.8 Å². The molecule has 362 valence electrons. The van der Waals surface area contributed by atoms with Crippen molar-refractivity contribution in [2.45, 2.75) is 107 Å². The normalized spacial score (nSPS) is 18.9. The number of nitro groups is 1.